The van der Waals surface area contributed by atoms with Crippen LogP contribution in [0, 0.1) is 0 Å². The van der Waals surface area contributed by atoms with Crippen LogP contribution in [0.2, 0.25) is 0 Å². The monoisotopic (exact) mass is 315 g/mol. The van der Waals surface area contributed by atoms with Gasteiger partial charge in [-0.2, -0.15) is 4.31 Å². The second kappa shape index (κ2) is 6.61. The third-order valence-corrected chi connectivity index (χ3v) is 5.47. The van der Waals surface area contributed by atoms with Gasteiger partial charge in [0, 0.05) is 38.4 Å². The molecule has 0 amide bonds. The molecule has 0 atom stereocenters. The Kier molecular flexibility index (Phi) is 5.04. The summed E-state index contributed by atoms with van der Waals surface area (Å²) in [6.45, 7) is 2.63. The minimum absolute atomic E-state index is 0.0792. The van der Waals surface area contributed by atoms with Gasteiger partial charge in [0.05, 0.1) is 13.7 Å². The fourth-order valence-corrected chi connectivity index (χ4v) is 3.98. The first-order valence-corrected chi connectivity index (χ1v) is 8.20. The number of nitrogens with two attached hydrogens (primary N) is 1. The number of benzene rings is 1. The zero-order chi connectivity index (χ0) is 15.5. The third kappa shape index (κ3) is 3.46. The maximum absolute atomic E-state index is 12.7. The lowest BCUT2D eigenvalue weighted by Gasteiger charge is -2.33. The Labute approximate surface area is 125 Å². The van der Waals surface area contributed by atoms with E-state index in [1.54, 1.807) is 12.1 Å². The fraction of sp³-hybridized carbons (Fsp3) is 0.538. The lowest BCUT2D eigenvalue weighted by molar-refractivity contribution is 0.151. The Bertz CT molecular complexity index is 583. The van der Waals surface area contributed by atoms with Gasteiger partial charge in [0.25, 0.3) is 0 Å². The predicted octanol–water partition coefficient (Wildman–Crippen LogP) is -0.424. The zero-order valence-electron chi connectivity index (χ0n) is 12.0. The van der Waals surface area contributed by atoms with Gasteiger partial charge < -0.3 is 15.6 Å². The van der Waals surface area contributed by atoms with Crippen molar-refractivity contribution in [3.8, 4) is 5.75 Å². The lowest BCUT2D eigenvalue weighted by atomic mass is 10.3. The predicted molar refractivity (Wildman–Crippen MR) is 79.7 cm³/mol. The highest BCUT2D eigenvalue weighted by molar-refractivity contribution is 7.89. The van der Waals surface area contributed by atoms with Crippen LogP contribution in [0.4, 0.5) is 5.69 Å². The minimum atomic E-state index is -3.63. The highest BCUT2D eigenvalue weighted by Crippen LogP contribution is 2.29. The molecule has 3 N–H and O–H groups in total. The van der Waals surface area contributed by atoms with E-state index >= 15 is 0 Å². The number of nitrogens with zero attached hydrogens (tertiary/aromatic N) is 2. The van der Waals surface area contributed by atoms with Gasteiger partial charge in [0.2, 0.25) is 10.0 Å². The molecule has 0 spiro atoms. The number of sulfonamides is 1. The number of anilines is 1. The van der Waals surface area contributed by atoms with Crippen molar-refractivity contribution in [2.24, 2.45) is 0 Å². The number of rotatable bonds is 5. The van der Waals surface area contributed by atoms with Crippen LogP contribution in [0.15, 0.2) is 23.1 Å². The second-order valence-electron chi connectivity index (χ2n) is 4.88. The van der Waals surface area contributed by atoms with E-state index in [0.717, 1.165) is 0 Å². The Balaban J connectivity index is 2.21. The van der Waals surface area contributed by atoms with Gasteiger partial charge in [-0.05, 0) is 18.2 Å². The Morgan fingerprint density at radius 3 is 2.52 bits per heavy atom. The van der Waals surface area contributed by atoms with Crippen LogP contribution >= 0.6 is 0 Å². The van der Waals surface area contributed by atoms with Crippen LogP contribution < -0.4 is 10.5 Å². The number of hydrogen-bond donors (Lipinski definition) is 2. The molecular weight excluding hydrogens is 294 g/mol. The molecule has 21 heavy (non-hydrogen) atoms. The van der Waals surface area contributed by atoms with Gasteiger partial charge in [-0.3, -0.25) is 4.90 Å². The number of piperazine rings is 1. The fourth-order valence-electron chi connectivity index (χ4n) is 2.37. The molecule has 118 valence electrons. The van der Waals surface area contributed by atoms with Gasteiger partial charge in [0.1, 0.15) is 10.6 Å². The summed E-state index contributed by atoms with van der Waals surface area (Å²) in [4.78, 5) is 2.13. The van der Waals surface area contributed by atoms with E-state index in [0.29, 0.717) is 44.2 Å². The molecule has 0 aliphatic carbocycles. The van der Waals surface area contributed by atoms with Crippen molar-refractivity contribution in [3.63, 3.8) is 0 Å². The van der Waals surface area contributed by atoms with E-state index in [1.165, 1.54) is 17.5 Å². The van der Waals surface area contributed by atoms with Crippen LogP contribution in [0.5, 0.6) is 5.75 Å². The quantitative estimate of drug-likeness (QED) is 0.716. The number of aliphatic hydroxyl groups is 1. The summed E-state index contributed by atoms with van der Waals surface area (Å²) in [7, 11) is -2.19. The summed E-state index contributed by atoms with van der Waals surface area (Å²) < 4.78 is 32.0. The average molecular weight is 315 g/mol. The first kappa shape index (κ1) is 16.0. The number of ether oxygens (including phenoxy) is 1. The minimum Gasteiger partial charge on any atom is -0.495 e. The van der Waals surface area contributed by atoms with Crippen molar-refractivity contribution >= 4 is 15.7 Å². The van der Waals surface area contributed by atoms with E-state index in [4.69, 9.17) is 15.6 Å². The van der Waals surface area contributed by atoms with E-state index in [1.807, 2.05) is 4.90 Å². The van der Waals surface area contributed by atoms with E-state index in [-0.39, 0.29) is 11.5 Å². The molecule has 0 aromatic heterocycles. The molecule has 1 aromatic rings. The van der Waals surface area contributed by atoms with Gasteiger partial charge in [-0.1, -0.05) is 0 Å². The summed E-state index contributed by atoms with van der Waals surface area (Å²) in [5, 5.41) is 8.92. The smallest absolute Gasteiger partial charge is 0.246 e. The van der Waals surface area contributed by atoms with Crippen LogP contribution in [0.1, 0.15) is 0 Å². The summed E-state index contributed by atoms with van der Waals surface area (Å²) in [6.07, 6.45) is 0. The van der Waals surface area contributed by atoms with Crippen molar-refractivity contribution in [2.45, 2.75) is 4.90 Å². The molecule has 0 saturated carbocycles. The Morgan fingerprint density at radius 1 is 1.29 bits per heavy atom. The SMILES string of the molecule is COc1ccc(N)cc1S(=O)(=O)N1CCN(CCO)CC1. The van der Waals surface area contributed by atoms with Crippen molar-refractivity contribution in [1.29, 1.82) is 0 Å². The molecular formula is C13H21N3O4S. The van der Waals surface area contributed by atoms with Crippen LogP contribution in [-0.4, -0.2) is 69.2 Å². The topological polar surface area (TPSA) is 96.1 Å². The first-order valence-electron chi connectivity index (χ1n) is 6.76. The van der Waals surface area contributed by atoms with E-state index in [2.05, 4.69) is 0 Å². The number of aliphatic hydroxyl groups excluding tert-OH is 1. The highest BCUT2D eigenvalue weighted by Gasteiger charge is 2.30. The van der Waals surface area contributed by atoms with E-state index in [9.17, 15) is 8.42 Å². The van der Waals surface area contributed by atoms with Crippen LogP contribution in [0.25, 0.3) is 0 Å². The lowest BCUT2D eigenvalue weighted by Crippen LogP contribution is -2.49. The van der Waals surface area contributed by atoms with Crippen molar-refractivity contribution in [3.05, 3.63) is 18.2 Å². The average Bonchev–Trinajstić information content (AvgIpc) is 2.48. The number of methoxy groups -OCH3 is 1. The molecule has 0 radical (unpaired) electrons. The number of nitrogen functional groups attached to an aromatic ring is 1. The summed E-state index contributed by atoms with van der Waals surface area (Å²) in [5.74, 6) is 0.294. The highest BCUT2D eigenvalue weighted by atomic mass is 32.2. The van der Waals surface area contributed by atoms with Gasteiger partial charge in [-0.15, -0.1) is 0 Å². The molecule has 1 aliphatic heterocycles. The maximum atomic E-state index is 12.7. The standard InChI is InChI=1S/C13H21N3O4S/c1-20-12-3-2-11(14)10-13(12)21(18,19)16-6-4-15(5-7-16)8-9-17/h2-3,10,17H,4-9,14H2,1H3. The van der Waals surface area contributed by atoms with Crippen molar-refractivity contribution in [1.82, 2.24) is 9.21 Å². The molecule has 1 heterocycles. The Hall–Kier alpha value is -1.35. The normalized spacial score (nSPS) is 17.8. The molecule has 2 rings (SSSR count). The van der Waals surface area contributed by atoms with Crippen molar-refractivity contribution in [2.75, 3.05) is 52.2 Å². The summed E-state index contributed by atoms with van der Waals surface area (Å²) in [5.41, 5.74) is 6.08. The molecule has 0 unspecified atom stereocenters. The molecule has 7 nitrogen and oxygen atoms in total. The summed E-state index contributed by atoms with van der Waals surface area (Å²) in [6, 6.07) is 4.59. The molecule has 8 heteroatoms. The van der Waals surface area contributed by atoms with E-state index < -0.39 is 10.0 Å². The molecule has 1 saturated heterocycles. The zero-order valence-corrected chi connectivity index (χ0v) is 12.8. The molecule has 1 aliphatic rings. The van der Waals surface area contributed by atoms with Crippen LogP contribution in [0.3, 0.4) is 0 Å². The first-order chi connectivity index (χ1) is 9.98. The molecule has 0 bridgehead atoms. The number of hydrogen-bond acceptors (Lipinski definition) is 6. The molecule has 1 fully saturated rings. The Morgan fingerprint density at radius 2 is 1.95 bits per heavy atom. The summed E-state index contributed by atoms with van der Waals surface area (Å²) >= 11 is 0. The second-order valence-corrected chi connectivity index (χ2v) is 6.79. The van der Waals surface area contributed by atoms with Gasteiger partial charge in [-0.25, -0.2) is 8.42 Å². The van der Waals surface area contributed by atoms with Crippen molar-refractivity contribution < 1.29 is 18.3 Å². The van der Waals surface area contributed by atoms with Gasteiger partial charge in [0.15, 0.2) is 0 Å². The maximum Gasteiger partial charge on any atom is 0.246 e. The van der Waals surface area contributed by atoms with Crippen LogP contribution in [-0.2, 0) is 10.0 Å². The van der Waals surface area contributed by atoms with Gasteiger partial charge >= 0.3 is 0 Å². The molecule has 1 aromatic carbocycles. The third-order valence-electron chi connectivity index (χ3n) is 3.55. The largest absolute Gasteiger partial charge is 0.495 e. The number of β-amino-alcohol motifs (C(OH)–C–C–N with tert-alkyl or cyclic N) is 1.